The average Bonchev–Trinajstić information content (AvgIpc) is 3.22. The summed E-state index contributed by atoms with van der Waals surface area (Å²) in [5.74, 6) is 0.288. The standard InChI is InChI=1S/C25H26N2O3/c28-25(29)16-11-21-17-24(20-9-5-2-6-10-20)27(26-21)22-12-14-23(15-13-22)30-18-19-7-3-1-4-8-19/h1,3-4,7-8,11-17,20H,2,5-6,9-10,18H2,(H,28,29)/b16-11+. The van der Waals surface area contributed by atoms with E-state index in [0.717, 1.165) is 41.6 Å². The molecule has 3 aromatic rings. The van der Waals surface area contributed by atoms with Gasteiger partial charge in [0.1, 0.15) is 12.4 Å². The highest BCUT2D eigenvalue weighted by molar-refractivity contribution is 5.84. The van der Waals surface area contributed by atoms with Gasteiger partial charge in [0, 0.05) is 17.7 Å². The fourth-order valence-electron chi connectivity index (χ4n) is 3.97. The van der Waals surface area contributed by atoms with Gasteiger partial charge in [-0.1, -0.05) is 49.6 Å². The molecule has 0 atom stereocenters. The second kappa shape index (κ2) is 9.44. The first-order chi connectivity index (χ1) is 14.7. The van der Waals surface area contributed by atoms with E-state index in [1.54, 1.807) is 6.08 Å². The van der Waals surface area contributed by atoms with E-state index < -0.39 is 5.97 Å². The van der Waals surface area contributed by atoms with Gasteiger partial charge in [0.05, 0.1) is 11.4 Å². The Labute approximate surface area is 176 Å². The van der Waals surface area contributed by atoms with Crippen molar-refractivity contribution in [1.29, 1.82) is 0 Å². The molecule has 154 valence electrons. The van der Waals surface area contributed by atoms with Crippen LogP contribution in [0.3, 0.4) is 0 Å². The maximum absolute atomic E-state index is 10.9. The van der Waals surface area contributed by atoms with E-state index in [4.69, 9.17) is 9.84 Å². The van der Waals surface area contributed by atoms with Gasteiger partial charge in [0.2, 0.25) is 0 Å². The molecular weight excluding hydrogens is 376 g/mol. The maximum atomic E-state index is 10.9. The number of ether oxygens (including phenoxy) is 1. The van der Waals surface area contributed by atoms with Crippen LogP contribution in [0.4, 0.5) is 0 Å². The molecule has 1 N–H and O–H groups in total. The third-order valence-corrected chi connectivity index (χ3v) is 5.51. The minimum Gasteiger partial charge on any atom is -0.489 e. The second-order valence-corrected chi connectivity index (χ2v) is 7.68. The van der Waals surface area contributed by atoms with Gasteiger partial charge in [-0.05, 0) is 54.8 Å². The van der Waals surface area contributed by atoms with Gasteiger partial charge in [-0.2, -0.15) is 5.10 Å². The quantitative estimate of drug-likeness (QED) is 0.523. The molecule has 0 aliphatic heterocycles. The van der Waals surface area contributed by atoms with Crippen molar-refractivity contribution in [2.45, 2.75) is 44.6 Å². The molecule has 0 spiro atoms. The van der Waals surface area contributed by atoms with Gasteiger partial charge in [0.25, 0.3) is 0 Å². The van der Waals surface area contributed by atoms with E-state index >= 15 is 0 Å². The molecule has 1 fully saturated rings. The third-order valence-electron chi connectivity index (χ3n) is 5.51. The molecule has 0 bridgehead atoms. The van der Waals surface area contributed by atoms with Crippen molar-refractivity contribution in [3.63, 3.8) is 0 Å². The summed E-state index contributed by atoms with van der Waals surface area (Å²) in [5, 5.41) is 13.6. The first-order valence-corrected chi connectivity index (χ1v) is 10.5. The minimum absolute atomic E-state index is 0.451. The number of rotatable bonds is 7. The lowest BCUT2D eigenvalue weighted by molar-refractivity contribution is -0.131. The lowest BCUT2D eigenvalue weighted by atomic mass is 9.86. The number of carboxylic acid groups (broad SMARTS) is 1. The molecule has 5 nitrogen and oxygen atoms in total. The van der Waals surface area contributed by atoms with Crippen molar-refractivity contribution >= 4 is 12.0 Å². The van der Waals surface area contributed by atoms with Gasteiger partial charge in [0.15, 0.2) is 0 Å². The van der Waals surface area contributed by atoms with Crippen LogP contribution >= 0.6 is 0 Å². The summed E-state index contributed by atoms with van der Waals surface area (Å²) >= 11 is 0. The molecule has 0 saturated heterocycles. The molecule has 0 amide bonds. The lowest BCUT2D eigenvalue weighted by Gasteiger charge is -2.22. The summed E-state index contributed by atoms with van der Waals surface area (Å²) in [4.78, 5) is 10.9. The zero-order valence-corrected chi connectivity index (χ0v) is 16.9. The topological polar surface area (TPSA) is 64.3 Å². The predicted octanol–water partition coefficient (Wildman–Crippen LogP) is 5.60. The molecular formula is C25H26N2O3. The zero-order valence-electron chi connectivity index (χ0n) is 16.9. The van der Waals surface area contributed by atoms with Crippen molar-refractivity contribution in [1.82, 2.24) is 9.78 Å². The molecule has 4 rings (SSSR count). The first kappa shape index (κ1) is 20.0. The Kier molecular flexibility index (Phi) is 6.28. The summed E-state index contributed by atoms with van der Waals surface area (Å²) < 4.78 is 7.85. The Bertz CT molecular complexity index is 1000. The van der Waals surface area contributed by atoms with Crippen LogP contribution in [0.25, 0.3) is 11.8 Å². The van der Waals surface area contributed by atoms with Crippen LogP contribution in [0.1, 0.15) is 55.0 Å². The van der Waals surface area contributed by atoms with Crippen LogP contribution in [-0.2, 0) is 11.4 Å². The van der Waals surface area contributed by atoms with Crippen molar-refractivity contribution in [3.8, 4) is 11.4 Å². The predicted molar refractivity (Wildman–Crippen MR) is 117 cm³/mol. The summed E-state index contributed by atoms with van der Waals surface area (Å²) in [6.07, 6.45) is 8.72. The SMILES string of the molecule is O=C(O)/C=C/c1cc(C2CCCCC2)n(-c2ccc(OCc3ccccc3)cc2)n1. The normalized spacial score (nSPS) is 14.8. The molecule has 1 aromatic heterocycles. The fourth-order valence-corrected chi connectivity index (χ4v) is 3.97. The van der Waals surface area contributed by atoms with E-state index in [1.165, 1.54) is 19.3 Å². The van der Waals surface area contributed by atoms with E-state index in [9.17, 15) is 4.79 Å². The monoisotopic (exact) mass is 402 g/mol. The molecule has 30 heavy (non-hydrogen) atoms. The van der Waals surface area contributed by atoms with Crippen LogP contribution in [-0.4, -0.2) is 20.9 Å². The van der Waals surface area contributed by atoms with Gasteiger partial charge in [-0.15, -0.1) is 0 Å². The number of aromatic nitrogens is 2. The Morgan fingerprint density at radius 2 is 1.80 bits per heavy atom. The van der Waals surface area contributed by atoms with E-state index in [1.807, 2.05) is 65.3 Å². The summed E-state index contributed by atoms with van der Waals surface area (Å²) in [6.45, 7) is 0.527. The molecule has 5 heteroatoms. The number of hydrogen-bond acceptors (Lipinski definition) is 3. The minimum atomic E-state index is -0.969. The van der Waals surface area contributed by atoms with E-state index in [2.05, 4.69) is 5.10 Å². The fraction of sp³-hybridized carbons (Fsp3) is 0.280. The highest BCUT2D eigenvalue weighted by Gasteiger charge is 2.21. The van der Waals surface area contributed by atoms with Crippen LogP contribution in [0.5, 0.6) is 5.75 Å². The van der Waals surface area contributed by atoms with Crippen LogP contribution < -0.4 is 4.74 Å². The Morgan fingerprint density at radius 3 is 2.50 bits per heavy atom. The third kappa shape index (κ3) is 4.98. The number of benzene rings is 2. The number of aliphatic carboxylic acids is 1. The highest BCUT2D eigenvalue weighted by Crippen LogP contribution is 2.34. The van der Waals surface area contributed by atoms with Crippen molar-refractivity contribution in [2.75, 3.05) is 0 Å². The Morgan fingerprint density at radius 1 is 1.07 bits per heavy atom. The van der Waals surface area contributed by atoms with Gasteiger partial charge >= 0.3 is 5.97 Å². The second-order valence-electron chi connectivity index (χ2n) is 7.68. The number of carboxylic acids is 1. The van der Waals surface area contributed by atoms with Gasteiger partial charge in [-0.3, -0.25) is 0 Å². The number of hydrogen-bond donors (Lipinski definition) is 1. The Hall–Kier alpha value is -3.34. The van der Waals surface area contributed by atoms with Crippen molar-refractivity contribution in [2.24, 2.45) is 0 Å². The molecule has 2 aromatic carbocycles. The van der Waals surface area contributed by atoms with Crippen molar-refractivity contribution in [3.05, 3.63) is 83.7 Å². The van der Waals surface area contributed by atoms with Gasteiger partial charge < -0.3 is 9.84 Å². The summed E-state index contributed by atoms with van der Waals surface area (Å²) in [7, 11) is 0. The molecule has 1 heterocycles. The van der Waals surface area contributed by atoms with Crippen LogP contribution in [0.2, 0.25) is 0 Å². The van der Waals surface area contributed by atoms with Crippen molar-refractivity contribution < 1.29 is 14.6 Å². The van der Waals surface area contributed by atoms with Gasteiger partial charge in [-0.25, -0.2) is 9.48 Å². The number of carbonyl (C=O) groups is 1. The zero-order chi connectivity index (χ0) is 20.8. The van der Waals surface area contributed by atoms with E-state index in [0.29, 0.717) is 18.2 Å². The first-order valence-electron chi connectivity index (χ1n) is 10.5. The smallest absolute Gasteiger partial charge is 0.328 e. The van der Waals surface area contributed by atoms with Crippen LogP contribution in [0.15, 0.2) is 66.7 Å². The van der Waals surface area contributed by atoms with E-state index in [-0.39, 0.29) is 0 Å². The Balaban J connectivity index is 1.56. The molecule has 0 radical (unpaired) electrons. The maximum Gasteiger partial charge on any atom is 0.328 e. The molecule has 0 unspecified atom stereocenters. The summed E-state index contributed by atoms with van der Waals surface area (Å²) in [6, 6.07) is 20.0. The number of nitrogens with zero attached hydrogens (tertiary/aromatic N) is 2. The largest absolute Gasteiger partial charge is 0.489 e. The molecule has 1 aliphatic rings. The molecule has 1 aliphatic carbocycles. The lowest BCUT2D eigenvalue weighted by Crippen LogP contribution is -2.10. The highest BCUT2D eigenvalue weighted by atomic mass is 16.5. The van der Waals surface area contributed by atoms with Crippen LogP contribution in [0, 0.1) is 0 Å². The average molecular weight is 402 g/mol. The molecule has 1 saturated carbocycles. The summed E-state index contributed by atoms with van der Waals surface area (Å²) in [5.41, 5.74) is 3.90.